The van der Waals surface area contributed by atoms with E-state index in [1.165, 1.54) is 5.56 Å². The quantitative estimate of drug-likeness (QED) is 0.838. The molecule has 2 heteroatoms. The summed E-state index contributed by atoms with van der Waals surface area (Å²) in [7, 11) is 0. The molecule has 0 radical (unpaired) electrons. The van der Waals surface area contributed by atoms with E-state index in [4.69, 9.17) is 0 Å². The minimum absolute atomic E-state index is 0.132. The molecule has 2 nitrogen and oxygen atoms in total. The maximum absolute atomic E-state index is 11.9. The molecule has 0 atom stereocenters. The molecule has 0 amide bonds. The van der Waals surface area contributed by atoms with Gasteiger partial charge < -0.3 is 4.98 Å². The van der Waals surface area contributed by atoms with E-state index >= 15 is 0 Å². The number of hydrogen-bond acceptors (Lipinski definition) is 1. The number of aromatic nitrogens is 1. The molecule has 0 spiro atoms. The second kappa shape index (κ2) is 4.52. The van der Waals surface area contributed by atoms with Crippen molar-refractivity contribution in [2.75, 3.05) is 0 Å². The van der Waals surface area contributed by atoms with Gasteiger partial charge in [-0.15, -0.1) is 0 Å². The van der Waals surface area contributed by atoms with Gasteiger partial charge in [-0.05, 0) is 24.5 Å². The highest BCUT2D eigenvalue weighted by Gasteiger charge is 2.04. The Hall–Kier alpha value is -1.57. The molecule has 2 rings (SSSR count). The molecule has 0 unspecified atom stereocenters. The lowest BCUT2D eigenvalue weighted by molar-refractivity contribution is 0.887. The van der Waals surface area contributed by atoms with Crippen molar-refractivity contribution in [3.05, 3.63) is 45.7 Å². The molecule has 2 aromatic rings. The summed E-state index contributed by atoms with van der Waals surface area (Å²) in [5.74, 6) is 0. The number of hydrogen-bond donors (Lipinski definition) is 1. The van der Waals surface area contributed by atoms with E-state index < -0.39 is 0 Å². The Bertz CT molecular complexity index is 554. The van der Waals surface area contributed by atoms with E-state index in [0.29, 0.717) is 0 Å². The molecule has 16 heavy (non-hydrogen) atoms. The zero-order chi connectivity index (χ0) is 11.5. The zero-order valence-corrected chi connectivity index (χ0v) is 9.84. The Morgan fingerprint density at radius 3 is 2.75 bits per heavy atom. The average Bonchev–Trinajstić information content (AvgIpc) is 2.29. The largest absolute Gasteiger partial charge is 0.358 e. The second-order valence-electron chi connectivity index (χ2n) is 4.10. The van der Waals surface area contributed by atoms with Gasteiger partial charge >= 0.3 is 0 Å². The summed E-state index contributed by atoms with van der Waals surface area (Å²) < 4.78 is 0. The summed E-state index contributed by atoms with van der Waals surface area (Å²) >= 11 is 0. The first-order valence-corrected chi connectivity index (χ1v) is 5.90. The Morgan fingerprint density at radius 2 is 2.06 bits per heavy atom. The minimum atomic E-state index is 0.132. The molecular weight excluding hydrogens is 198 g/mol. The average molecular weight is 215 g/mol. The van der Waals surface area contributed by atoms with Crippen LogP contribution < -0.4 is 5.43 Å². The lowest BCUT2D eigenvalue weighted by Gasteiger charge is -2.06. The van der Waals surface area contributed by atoms with E-state index in [-0.39, 0.29) is 5.43 Å². The van der Waals surface area contributed by atoms with Crippen LogP contribution in [0.5, 0.6) is 0 Å². The molecule has 0 aliphatic heterocycles. The van der Waals surface area contributed by atoms with Crippen LogP contribution in [0.4, 0.5) is 0 Å². The van der Waals surface area contributed by atoms with Crippen molar-refractivity contribution in [2.24, 2.45) is 0 Å². The number of pyridine rings is 1. The van der Waals surface area contributed by atoms with Crippen molar-refractivity contribution >= 4 is 10.9 Å². The molecular formula is C14H17NO. The molecule has 1 aromatic carbocycles. The lowest BCUT2D eigenvalue weighted by Crippen LogP contribution is -2.06. The number of aryl methyl sites for hydroxylation is 2. The molecule has 0 saturated heterocycles. The van der Waals surface area contributed by atoms with Crippen LogP contribution in [-0.2, 0) is 12.8 Å². The third kappa shape index (κ3) is 1.87. The molecule has 1 heterocycles. The van der Waals surface area contributed by atoms with Crippen molar-refractivity contribution in [1.82, 2.24) is 4.98 Å². The number of nitrogens with one attached hydrogen (secondary N) is 1. The number of fused-ring (bicyclic) bond motifs is 1. The van der Waals surface area contributed by atoms with Crippen molar-refractivity contribution in [2.45, 2.75) is 33.1 Å². The number of benzene rings is 1. The summed E-state index contributed by atoms with van der Waals surface area (Å²) in [6, 6.07) is 7.65. The highest BCUT2D eigenvalue weighted by atomic mass is 16.1. The van der Waals surface area contributed by atoms with Crippen LogP contribution in [0.3, 0.4) is 0 Å². The SMILES string of the molecule is CCCc1cc(=O)c2cccc(CC)c2[nH]1. The first kappa shape index (κ1) is 10.9. The molecule has 1 N–H and O–H groups in total. The first-order chi connectivity index (χ1) is 7.76. The number of aromatic amines is 1. The maximum Gasteiger partial charge on any atom is 0.189 e. The topological polar surface area (TPSA) is 32.9 Å². The normalized spacial score (nSPS) is 10.9. The fourth-order valence-corrected chi connectivity index (χ4v) is 2.08. The minimum Gasteiger partial charge on any atom is -0.358 e. The van der Waals surface area contributed by atoms with Gasteiger partial charge in [0, 0.05) is 17.1 Å². The lowest BCUT2D eigenvalue weighted by atomic mass is 10.1. The summed E-state index contributed by atoms with van der Waals surface area (Å²) in [5.41, 5.74) is 3.40. The van der Waals surface area contributed by atoms with Crippen LogP contribution in [-0.4, -0.2) is 4.98 Å². The Labute approximate surface area is 95.3 Å². The summed E-state index contributed by atoms with van der Waals surface area (Å²) in [5, 5.41) is 0.805. The van der Waals surface area contributed by atoms with Gasteiger partial charge in [0.1, 0.15) is 0 Å². The van der Waals surface area contributed by atoms with Gasteiger partial charge in [-0.3, -0.25) is 4.79 Å². The predicted molar refractivity (Wildman–Crippen MR) is 67.9 cm³/mol. The highest BCUT2D eigenvalue weighted by Crippen LogP contribution is 2.15. The highest BCUT2D eigenvalue weighted by molar-refractivity contribution is 5.81. The molecule has 0 saturated carbocycles. The maximum atomic E-state index is 11.9. The van der Waals surface area contributed by atoms with Crippen LogP contribution in [0.15, 0.2) is 29.1 Å². The summed E-state index contributed by atoms with van der Waals surface area (Å²) in [6.45, 7) is 4.23. The number of H-pyrrole nitrogens is 1. The van der Waals surface area contributed by atoms with Crippen molar-refractivity contribution in [3.8, 4) is 0 Å². The fourth-order valence-electron chi connectivity index (χ4n) is 2.08. The number of rotatable bonds is 3. The number of para-hydroxylation sites is 1. The Morgan fingerprint density at radius 1 is 1.25 bits per heavy atom. The van der Waals surface area contributed by atoms with Gasteiger partial charge in [-0.2, -0.15) is 0 Å². The van der Waals surface area contributed by atoms with Gasteiger partial charge in [0.2, 0.25) is 0 Å². The second-order valence-corrected chi connectivity index (χ2v) is 4.10. The van der Waals surface area contributed by atoms with E-state index in [1.54, 1.807) is 6.07 Å². The van der Waals surface area contributed by atoms with E-state index in [9.17, 15) is 4.79 Å². The predicted octanol–water partition coefficient (Wildman–Crippen LogP) is 3.04. The van der Waals surface area contributed by atoms with Gasteiger partial charge in [-0.1, -0.05) is 32.4 Å². The van der Waals surface area contributed by atoms with Crippen LogP contribution in [0.2, 0.25) is 0 Å². The molecule has 0 aliphatic rings. The molecule has 0 fully saturated rings. The molecule has 84 valence electrons. The van der Waals surface area contributed by atoms with Crippen LogP contribution in [0, 0.1) is 0 Å². The molecule has 0 bridgehead atoms. The smallest absolute Gasteiger partial charge is 0.189 e. The zero-order valence-electron chi connectivity index (χ0n) is 9.84. The third-order valence-corrected chi connectivity index (χ3v) is 2.91. The van der Waals surface area contributed by atoms with Gasteiger partial charge in [0.25, 0.3) is 0 Å². The third-order valence-electron chi connectivity index (χ3n) is 2.91. The summed E-state index contributed by atoms with van der Waals surface area (Å²) in [4.78, 5) is 15.3. The van der Waals surface area contributed by atoms with Gasteiger partial charge in [0.15, 0.2) is 5.43 Å². The molecule has 1 aromatic heterocycles. The van der Waals surface area contributed by atoms with E-state index in [0.717, 1.165) is 35.9 Å². The fraction of sp³-hybridized carbons (Fsp3) is 0.357. The van der Waals surface area contributed by atoms with Gasteiger partial charge in [0.05, 0.1) is 5.52 Å². The van der Waals surface area contributed by atoms with Gasteiger partial charge in [-0.25, -0.2) is 0 Å². The Kier molecular flexibility index (Phi) is 3.09. The van der Waals surface area contributed by atoms with E-state index in [1.807, 2.05) is 12.1 Å². The van der Waals surface area contributed by atoms with Crippen LogP contribution in [0.25, 0.3) is 10.9 Å². The van der Waals surface area contributed by atoms with Crippen LogP contribution >= 0.6 is 0 Å². The van der Waals surface area contributed by atoms with Crippen LogP contribution in [0.1, 0.15) is 31.5 Å². The molecule has 0 aliphatic carbocycles. The monoisotopic (exact) mass is 215 g/mol. The van der Waals surface area contributed by atoms with Crippen molar-refractivity contribution < 1.29 is 0 Å². The Balaban J connectivity index is 2.72. The van der Waals surface area contributed by atoms with Crippen molar-refractivity contribution in [3.63, 3.8) is 0 Å². The van der Waals surface area contributed by atoms with Crippen molar-refractivity contribution in [1.29, 1.82) is 0 Å². The summed E-state index contributed by atoms with van der Waals surface area (Å²) in [6.07, 6.45) is 2.93. The standard InChI is InChI=1S/C14H17NO/c1-3-6-11-9-13(16)12-8-5-7-10(4-2)14(12)15-11/h5,7-9H,3-4,6H2,1-2H3,(H,15,16). The van der Waals surface area contributed by atoms with E-state index in [2.05, 4.69) is 24.9 Å². The first-order valence-electron chi connectivity index (χ1n) is 5.90.